The Hall–Kier alpha value is -3.10. The summed E-state index contributed by atoms with van der Waals surface area (Å²) in [6, 6.07) is 10.2. The Labute approximate surface area is 213 Å². The Morgan fingerprint density at radius 2 is 1.32 bits per heavy atom. The van der Waals surface area contributed by atoms with Gasteiger partial charge in [-0.1, -0.05) is 0 Å². The summed E-state index contributed by atoms with van der Waals surface area (Å²) in [5.41, 5.74) is 1.85. The van der Waals surface area contributed by atoms with Crippen LogP contribution >= 0.6 is 0 Å². The van der Waals surface area contributed by atoms with Crippen molar-refractivity contribution < 1.29 is 32.1 Å². The van der Waals surface area contributed by atoms with Crippen LogP contribution in [0.3, 0.4) is 0 Å². The lowest BCUT2D eigenvalue weighted by Crippen LogP contribution is -2.52. The second-order valence-electron chi connectivity index (χ2n) is 10.4. The summed E-state index contributed by atoms with van der Waals surface area (Å²) in [6.45, 7) is 4.57. The lowest BCUT2D eigenvalue weighted by molar-refractivity contribution is -0.0628. The molecule has 3 atom stereocenters. The van der Waals surface area contributed by atoms with Crippen LogP contribution in [-0.4, -0.2) is 28.2 Å². The molecule has 0 saturated carbocycles. The van der Waals surface area contributed by atoms with Crippen molar-refractivity contribution in [2.75, 3.05) is 6.54 Å². The molecule has 0 aromatic heterocycles. The molecule has 3 aromatic carbocycles. The molecule has 8 heteroatoms. The van der Waals surface area contributed by atoms with Crippen LogP contribution in [0.15, 0.2) is 48.5 Å². The van der Waals surface area contributed by atoms with Crippen LogP contribution in [0.2, 0.25) is 0 Å². The Balaban J connectivity index is 1.48. The van der Waals surface area contributed by atoms with E-state index in [2.05, 4.69) is 11.8 Å². The molecule has 196 valence electrons. The van der Waals surface area contributed by atoms with E-state index in [1.54, 1.807) is 0 Å². The van der Waals surface area contributed by atoms with Crippen LogP contribution in [-0.2, 0) is 19.6 Å². The van der Waals surface area contributed by atoms with Gasteiger partial charge in [-0.05, 0) is 91.8 Å². The van der Waals surface area contributed by atoms with Gasteiger partial charge in [0.25, 0.3) is 0 Å². The third-order valence-electron chi connectivity index (χ3n) is 7.17. The van der Waals surface area contributed by atoms with Gasteiger partial charge in [-0.3, -0.25) is 4.90 Å². The SMILES string of the molecule is C[C@@H]1C[C@@](C)(O)C[C@H]2c3cc(OCc4cc(F)cc(F)c4)c(OCc4cc(F)cc(F)c4)cc3CCN12. The van der Waals surface area contributed by atoms with E-state index in [9.17, 15) is 22.7 Å². The van der Waals surface area contributed by atoms with Crippen molar-refractivity contribution in [3.8, 4) is 11.5 Å². The quantitative estimate of drug-likeness (QED) is 0.395. The number of aliphatic hydroxyl groups is 1. The van der Waals surface area contributed by atoms with Crippen molar-refractivity contribution in [1.82, 2.24) is 4.90 Å². The molecule has 0 bridgehead atoms. The zero-order valence-corrected chi connectivity index (χ0v) is 20.7. The molecule has 2 aliphatic heterocycles. The Kier molecular flexibility index (Phi) is 6.89. The molecule has 1 fully saturated rings. The van der Waals surface area contributed by atoms with Crippen molar-refractivity contribution in [2.45, 2.75) is 64.0 Å². The summed E-state index contributed by atoms with van der Waals surface area (Å²) in [4.78, 5) is 2.38. The third-order valence-corrected chi connectivity index (χ3v) is 7.17. The van der Waals surface area contributed by atoms with Crippen molar-refractivity contribution in [3.63, 3.8) is 0 Å². The van der Waals surface area contributed by atoms with Gasteiger partial charge < -0.3 is 14.6 Å². The average Bonchev–Trinajstić information content (AvgIpc) is 2.79. The highest BCUT2D eigenvalue weighted by atomic mass is 19.1. The van der Waals surface area contributed by atoms with E-state index in [-0.39, 0.29) is 25.3 Å². The number of hydrogen-bond acceptors (Lipinski definition) is 4. The van der Waals surface area contributed by atoms with E-state index in [1.165, 1.54) is 24.3 Å². The average molecular weight is 516 g/mol. The molecule has 0 unspecified atom stereocenters. The maximum Gasteiger partial charge on any atom is 0.162 e. The molecule has 0 radical (unpaired) electrons. The van der Waals surface area contributed by atoms with E-state index >= 15 is 0 Å². The number of nitrogens with zero attached hydrogens (tertiary/aromatic N) is 1. The molecule has 0 amide bonds. The predicted molar refractivity (Wildman–Crippen MR) is 130 cm³/mol. The van der Waals surface area contributed by atoms with Gasteiger partial charge >= 0.3 is 0 Å². The zero-order valence-electron chi connectivity index (χ0n) is 20.7. The molecule has 0 spiro atoms. The largest absolute Gasteiger partial charge is 0.485 e. The van der Waals surface area contributed by atoms with Gasteiger partial charge in [-0.25, -0.2) is 17.6 Å². The lowest BCUT2D eigenvalue weighted by atomic mass is 9.77. The van der Waals surface area contributed by atoms with Gasteiger partial charge in [-0.15, -0.1) is 0 Å². The van der Waals surface area contributed by atoms with Crippen molar-refractivity contribution in [1.29, 1.82) is 0 Å². The van der Waals surface area contributed by atoms with Crippen molar-refractivity contribution in [2.24, 2.45) is 0 Å². The molecule has 5 rings (SSSR count). The summed E-state index contributed by atoms with van der Waals surface area (Å²) < 4.78 is 66.8. The fourth-order valence-corrected chi connectivity index (χ4v) is 5.67. The second kappa shape index (κ2) is 9.99. The highest BCUT2D eigenvalue weighted by Gasteiger charge is 2.42. The number of halogens is 4. The summed E-state index contributed by atoms with van der Waals surface area (Å²) in [6.07, 6.45) is 2.00. The number of hydrogen-bond donors (Lipinski definition) is 1. The number of rotatable bonds is 6. The summed E-state index contributed by atoms with van der Waals surface area (Å²) in [7, 11) is 0. The number of fused-ring (bicyclic) bond motifs is 3. The van der Waals surface area contributed by atoms with Gasteiger partial charge in [0, 0.05) is 30.8 Å². The minimum absolute atomic E-state index is 0.0252. The molecule has 0 aliphatic carbocycles. The molecule has 3 aromatic rings. The van der Waals surface area contributed by atoms with Crippen LogP contribution in [0, 0.1) is 23.3 Å². The summed E-state index contributed by atoms with van der Waals surface area (Å²) >= 11 is 0. The van der Waals surface area contributed by atoms with E-state index in [4.69, 9.17) is 9.47 Å². The molecule has 1 N–H and O–H groups in total. The fraction of sp³-hybridized carbons (Fsp3) is 0.379. The molecular formula is C29H29F4NO3. The summed E-state index contributed by atoms with van der Waals surface area (Å²) in [5.74, 6) is -2.10. The van der Waals surface area contributed by atoms with E-state index in [0.717, 1.165) is 36.2 Å². The lowest BCUT2D eigenvalue weighted by Gasteiger charge is -2.49. The monoisotopic (exact) mass is 515 g/mol. The first-order chi connectivity index (χ1) is 17.6. The standard InChI is InChI=1S/C29H29F4NO3/c1-17-13-29(2,35)14-26-25-12-28(37-16-19-7-23(32)11-24(33)8-19)27(9-20(25)3-4-34(17)26)36-15-18-5-21(30)10-22(31)6-18/h5-12,17,26,35H,3-4,13-16H2,1-2H3/t17-,26+,29-/m1/s1. The maximum absolute atomic E-state index is 13.7. The van der Waals surface area contributed by atoms with E-state index in [0.29, 0.717) is 35.5 Å². The Morgan fingerprint density at radius 3 is 1.86 bits per heavy atom. The fourth-order valence-electron chi connectivity index (χ4n) is 5.67. The minimum atomic E-state index is -0.814. The molecule has 37 heavy (non-hydrogen) atoms. The van der Waals surface area contributed by atoms with Gasteiger partial charge in [0.1, 0.15) is 36.5 Å². The predicted octanol–water partition coefficient (Wildman–Crippen LogP) is 6.23. The topological polar surface area (TPSA) is 41.9 Å². The Morgan fingerprint density at radius 1 is 0.811 bits per heavy atom. The van der Waals surface area contributed by atoms with Crippen LogP contribution < -0.4 is 9.47 Å². The van der Waals surface area contributed by atoms with Gasteiger partial charge in [-0.2, -0.15) is 0 Å². The van der Waals surface area contributed by atoms with E-state index in [1.807, 2.05) is 19.1 Å². The zero-order chi connectivity index (χ0) is 26.3. The van der Waals surface area contributed by atoms with Crippen LogP contribution in [0.5, 0.6) is 11.5 Å². The normalized spacial score (nSPS) is 23.3. The van der Waals surface area contributed by atoms with Crippen molar-refractivity contribution >= 4 is 0 Å². The highest BCUT2D eigenvalue weighted by Crippen LogP contribution is 2.46. The van der Waals surface area contributed by atoms with Crippen LogP contribution in [0.1, 0.15) is 55.0 Å². The molecule has 2 heterocycles. The maximum atomic E-state index is 13.7. The first-order valence-electron chi connectivity index (χ1n) is 12.4. The summed E-state index contributed by atoms with van der Waals surface area (Å²) in [5, 5.41) is 10.9. The van der Waals surface area contributed by atoms with Gasteiger partial charge in [0.15, 0.2) is 11.5 Å². The van der Waals surface area contributed by atoms with Gasteiger partial charge in [0.05, 0.1) is 5.60 Å². The smallest absolute Gasteiger partial charge is 0.162 e. The first kappa shape index (κ1) is 25.5. The first-order valence-corrected chi connectivity index (χ1v) is 12.4. The molecule has 1 saturated heterocycles. The molecular weight excluding hydrogens is 486 g/mol. The van der Waals surface area contributed by atoms with Crippen LogP contribution in [0.25, 0.3) is 0 Å². The molecule has 4 nitrogen and oxygen atoms in total. The minimum Gasteiger partial charge on any atom is -0.485 e. The second-order valence-corrected chi connectivity index (χ2v) is 10.4. The van der Waals surface area contributed by atoms with Crippen LogP contribution in [0.4, 0.5) is 17.6 Å². The van der Waals surface area contributed by atoms with E-state index < -0.39 is 28.9 Å². The number of benzene rings is 3. The number of ether oxygens (including phenoxy) is 2. The molecule has 2 aliphatic rings. The highest BCUT2D eigenvalue weighted by molar-refractivity contribution is 5.50. The number of piperidine rings is 1. The Bertz CT molecular complexity index is 1270. The van der Waals surface area contributed by atoms with Crippen molar-refractivity contribution in [3.05, 3.63) is 94.1 Å². The van der Waals surface area contributed by atoms with Gasteiger partial charge in [0.2, 0.25) is 0 Å². The third kappa shape index (κ3) is 5.75.